The average Bonchev–Trinajstić information content (AvgIpc) is 2.44. The van der Waals surface area contributed by atoms with Crippen molar-refractivity contribution in [2.75, 3.05) is 19.7 Å². The Labute approximate surface area is 133 Å². The van der Waals surface area contributed by atoms with E-state index >= 15 is 0 Å². The number of rotatable bonds is 8. The lowest BCUT2D eigenvalue weighted by molar-refractivity contribution is 0.0410. The summed E-state index contributed by atoms with van der Waals surface area (Å²) in [6, 6.07) is 0. The van der Waals surface area contributed by atoms with E-state index in [0.29, 0.717) is 6.10 Å². The Morgan fingerprint density at radius 2 is 1.90 bits per heavy atom. The van der Waals surface area contributed by atoms with Crippen molar-refractivity contribution in [3.05, 3.63) is 0 Å². The molecule has 0 aromatic carbocycles. The van der Waals surface area contributed by atoms with Gasteiger partial charge in [-0.05, 0) is 25.2 Å². The van der Waals surface area contributed by atoms with Gasteiger partial charge in [-0.25, -0.2) is 0 Å². The first-order chi connectivity index (χ1) is 10.2. The van der Waals surface area contributed by atoms with Crippen molar-refractivity contribution >= 4 is 0 Å². The van der Waals surface area contributed by atoms with Gasteiger partial charge in [-0.3, -0.25) is 0 Å². The van der Waals surface area contributed by atoms with Crippen molar-refractivity contribution in [3.63, 3.8) is 0 Å². The molecule has 2 fully saturated rings. The van der Waals surface area contributed by atoms with E-state index in [-0.39, 0.29) is 0 Å². The van der Waals surface area contributed by atoms with Crippen molar-refractivity contribution < 1.29 is 4.74 Å². The van der Waals surface area contributed by atoms with Gasteiger partial charge in [0.1, 0.15) is 0 Å². The van der Waals surface area contributed by atoms with E-state index in [0.717, 1.165) is 31.5 Å². The van der Waals surface area contributed by atoms with E-state index in [1.165, 1.54) is 64.2 Å². The van der Waals surface area contributed by atoms with Crippen molar-refractivity contribution in [1.82, 2.24) is 5.32 Å². The van der Waals surface area contributed by atoms with Crippen molar-refractivity contribution in [3.8, 4) is 0 Å². The molecule has 0 amide bonds. The summed E-state index contributed by atoms with van der Waals surface area (Å²) in [4.78, 5) is 0. The first-order valence-corrected chi connectivity index (χ1v) is 9.54. The minimum absolute atomic E-state index is 0.425. The molecule has 0 aromatic heterocycles. The predicted molar refractivity (Wildman–Crippen MR) is 92.8 cm³/mol. The van der Waals surface area contributed by atoms with Crippen LogP contribution in [0.4, 0.5) is 0 Å². The van der Waals surface area contributed by atoms with Crippen LogP contribution in [0.15, 0.2) is 0 Å². The lowest BCUT2D eigenvalue weighted by atomic mass is 9.78. The summed E-state index contributed by atoms with van der Waals surface area (Å²) in [5, 5.41) is 3.21. The summed E-state index contributed by atoms with van der Waals surface area (Å²) in [6.45, 7) is 9.73. The molecular weight excluding hydrogens is 258 g/mol. The van der Waals surface area contributed by atoms with Crippen LogP contribution in [-0.2, 0) is 4.74 Å². The lowest BCUT2D eigenvalue weighted by Crippen LogP contribution is -2.36. The van der Waals surface area contributed by atoms with Crippen LogP contribution < -0.4 is 5.32 Å². The minimum atomic E-state index is 0.425. The predicted octanol–water partition coefficient (Wildman–Crippen LogP) is 5.17. The third kappa shape index (κ3) is 10.3. The van der Waals surface area contributed by atoms with Crippen LogP contribution in [0.2, 0.25) is 0 Å². The number of hydrogen-bond acceptors (Lipinski definition) is 2. The SMILES string of the molecule is CC1CNCCO1.CCCCCCCC(C)CC1CCC1. The fourth-order valence-electron chi connectivity index (χ4n) is 3.21. The largest absolute Gasteiger partial charge is 0.376 e. The van der Waals surface area contributed by atoms with E-state index in [1.54, 1.807) is 0 Å². The molecule has 1 saturated carbocycles. The Bertz CT molecular complexity index is 222. The fourth-order valence-corrected chi connectivity index (χ4v) is 3.21. The Morgan fingerprint density at radius 1 is 1.14 bits per heavy atom. The Balaban J connectivity index is 0.000000262. The second kappa shape index (κ2) is 12.5. The third-order valence-electron chi connectivity index (χ3n) is 4.87. The molecule has 2 nitrogen and oxygen atoms in total. The highest BCUT2D eigenvalue weighted by molar-refractivity contribution is 4.71. The molecular formula is C19H39NO. The zero-order chi connectivity index (χ0) is 15.3. The quantitative estimate of drug-likeness (QED) is 0.624. The highest BCUT2D eigenvalue weighted by Gasteiger charge is 2.19. The van der Waals surface area contributed by atoms with Gasteiger partial charge >= 0.3 is 0 Å². The van der Waals surface area contributed by atoms with E-state index in [2.05, 4.69) is 26.1 Å². The maximum Gasteiger partial charge on any atom is 0.0672 e. The van der Waals surface area contributed by atoms with Crippen LogP contribution in [0.1, 0.15) is 85.0 Å². The first-order valence-electron chi connectivity index (χ1n) is 9.54. The van der Waals surface area contributed by atoms with Crippen LogP contribution in [0.25, 0.3) is 0 Å². The van der Waals surface area contributed by atoms with Gasteiger partial charge in [0.05, 0.1) is 12.7 Å². The molecule has 126 valence electrons. The Hall–Kier alpha value is -0.0800. The second-order valence-electron chi connectivity index (χ2n) is 7.23. The van der Waals surface area contributed by atoms with E-state index in [1.807, 2.05) is 0 Å². The summed E-state index contributed by atoms with van der Waals surface area (Å²) in [6.07, 6.45) is 15.2. The van der Waals surface area contributed by atoms with Gasteiger partial charge in [0, 0.05) is 13.1 Å². The second-order valence-corrected chi connectivity index (χ2v) is 7.23. The Morgan fingerprint density at radius 3 is 2.38 bits per heavy atom. The maximum absolute atomic E-state index is 5.22. The van der Waals surface area contributed by atoms with E-state index in [4.69, 9.17) is 4.74 Å². The van der Waals surface area contributed by atoms with Gasteiger partial charge in [0.25, 0.3) is 0 Å². The zero-order valence-electron chi connectivity index (χ0n) is 14.8. The van der Waals surface area contributed by atoms with E-state index in [9.17, 15) is 0 Å². The monoisotopic (exact) mass is 297 g/mol. The van der Waals surface area contributed by atoms with Crippen LogP contribution in [0.3, 0.4) is 0 Å². The van der Waals surface area contributed by atoms with Crippen molar-refractivity contribution in [2.45, 2.75) is 91.1 Å². The number of nitrogens with one attached hydrogen (secondary N) is 1. The first kappa shape index (κ1) is 19.0. The average molecular weight is 298 g/mol. The number of unbranched alkanes of at least 4 members (excludes halogenated alkanes) is 4. The van der Waals surface area contributed by atoms with Crippen molar-refractivity contribution in [2.24, 2.45) is 11.8 Å². The fraction of sp³-hybridized carbons (Fsp3) is 1.00. The number of morpholine rings is 1. The molecule has 2 aliphatic rings. The van der Waals surface area contributed by atoms with Crippen LogP contribution in [-0.4, -0.2) is 25.8 Å². The lowest BCUT2D eigenvalue weighted by Gasteiger charge is -2.28. The molecule has 1 aliphatic carbocycles. The van der Waals surface area contributed by atoms with Gasteiger partial charge in [0.15, 0.2) is 0 Å². The maximum atomic E-state index is 5.22. The minimum Gasteiger partial charge on any atom is -0.376 e. The highest BCUT2D eigenvalue weighted by Crippen LogP contribution is 2.33. The van der Waals surface area contributed by atoms with Gasteiger partial charge in [-0.15, -0.1) is 0 Å². The molecule has 1 saturated heterocycles. The molecule has 0 aromatic rings. The summed E-state index contributed by atoms with van der Waals surface area (Å²) in [5.41, 5.74) is 0. The zero-order valence-corrected chi connectivity index (χ0v) is 14.8. The summed E-state index contributed by atoms with van der Waals surface area (Å²) < 4.78 is 5.22. The molecule has 0 spiro atoms. The van der Waals surface area contributed by atoms with Crippen LogP contribution >= 0.6 is 0 Å². The van der Waals surface area contributed by atoms with Gasteiger partial charge < -0.3 is 10.1 Å². The molecule has 1 heterocycles. The van der Waals surface area contributed by atoms with Gasteiger partial charge in [0.2, 0.25) is 0 Å². The third-order valence-corrected chi connectivity index (χ3v) is 4.87. The number of hydrogen-bond donors (Lipinski definition) is 1. The highest BCUT2D eigenvalue weighted by atomic mass is 16.5. The van der Waals surface area contributed by atoms with Crippen molar-refractivity contribution in [1.29, 1.82) is 0 Å². The summed E-state index contributed by atoms with van der Waals surface area (Å²) in [5.74, 6) is 2.11. The molecule has 21 heavy (non-hydrogen) atoms. The molecule has 2 rings (SSSR count). The molecule has 2 heteroatoms. The van der Waals surface area contributed by atoms with Crippen LogP contribution in [0, 0.1) is 11.8 Å². The Kier molecular flexibility index (Phi) is 11.3. The normalized spacial score (nSPS) is 23.9. The van der Waals surface area contributed by atoms with Crippen LogP contribution in [0.5, 0.6) is 0 Å². The topological polar surface area (TPSA) is 21.3 Å². The molecule has 0 radical (unpaired) electrons. The summed E-state index contributed by atoms with van der Waals surface area (Å²) >= 11 is 0. The molecule has 2 unspecified atom stereocenters. The molecule has 2 atom stereocenters. The number of ether oxygens (including phenoxy) is 1. The summed E-state index contributed by atoms with van der Waals surface area (Å²) in [7, 11) is 0. The standard InChI is InChI=1S/C14H28.C5H11NO/c1-3-4-5-6-7-9-13(2)12-14-10-8-11-14;1-5-4-6-2-3-7-5/h13-14H,3-12H2,1-2H3;5-6H,2-4H2,1H3. The van der Waals surface area contributed by atoms with Gasteiger partial charge in [-0.1, -0.05) is 71.6 Å². The van der Waals surface area contributed by atoms with Gasteiger partial charge in [-0.2, -0.15) is 0 Å². The molecule has 1 aliphatic heterocycles. The molecule has 0 bridgehead atoms. The smallest absolute Gasteiger partial charge is 0.0672 e. The molecule has 1 N–H and O–H groups in total. The van der Waals surface area contributed by atoms with E-state index < -0.39 is 0 Å².